The van der Waals surface area contributed by atoms with Crippen LogP contribution in [0.15, 0.2) is 6.07 Å². The summed E-state index contributed by atoms with van der Waals surface area (Å²) in [6.07, 6.45) is -0.742. The zero-order valence-electron chi connectivity index (χ0n) is 16.2. The predicted molar refractivity (Wildman–Crippen MR) is 101 cm³/mol. The molecule has 2 saturated heterocycles. The van der Waals surface area contributed by atoms with Gasteiger partial charge in [0, 0.05) is 41.1 Å². The third kappa shape index (κ3) is 2.95. The van der Waals surface area contributed by atoms with Crippen LogP contribution in [0.3, 0.4) is 0 Å². The first-order valence-corrected chi connectivity index (χ1v) is 11.2. The fraction of sp³-hybridized carbons (Fsp3) is 0.850. The Labute approximate surface area is 163 Å². The first-order chi connectivity index (χ1) is 12.6. The number of thioether (sulfide) groups is 1. The van der Waals surface area contributed by atoms with E-state index in [0.29, 0.717) is 23.3 Å². The van der Waals surface area contributed by atoms with E-state index in [0.717, 1.165) is 18.5 Å². The number of alkyl halides is 3. The molecule has 0 aromatic carbocycles. The lowest BCUT2D eigenvalue weighted by atomic mass is 9.91. The van der Waals surface area contributed by atoms with Gasteiger partial charge in [-0.25, -0.2) is 0 Å². The number of nitrogens with zero attached hydrogens (tertiary/aromatic N) is 3. The minimum absolute atomic E-state index is 0.264. The van der Waals surface area contributed by atoms with Crippen molar-refractivity contribution in [3.05, 3.63) is 17.5 Å². The van der Waals surface area contributed by atoms with Gasteiger partial charge in [0.2, 0.25) is 0 Å². The van der Waals surface area contributed by atoms with Crippen LogP contribution in [0.25, 0.3) is 0 Å². The summed E-state index contributed by atoms with van der Waals surface area (Å²) >= 11 is 2.06. The molecule has 0 radical (unpaired) electrons. The topological polar surface area (TPSA) is 21.1 Å². The predicted octanol–water partition coefficient (Wildman–Crippen LogP) is 4.59. The maximum Gasteiger partial charge on any atom is 0.435 e. The maximum atomic E-state index is 13.2. The fourth-order valence-corrected chi connectivity index (χ4v) is 7.02. The van der Waals surface area contributed by atoms with Crippen molar-refractivity contribution in [2.24, 2.45) is 17.3 Å². The van der Waals surface area contributed by atoms with Gasteiger partial charge >= 0.3 is 6.18 Å². The number of aromatic nitrogens is 2. The van der Waals surface area contributed by atoms with Crippen LogP contribution in [-0.2, 0) is 11.7 Å². The van der Waals surface area contributed by atoms with Gasteiger partial charge in [0.25, 0.3) is 0 Å². The van der Waals surface area contributed by atoms with Crippen LogP contribution >= 0.6 is 11.8 Å². The summed E-state index contributed by atoms with van der Waals surface area (Å²) in [6, 6.07) is 1.97. The lowest BCUT2D eigenvalue weighted by Gasteiger charge is -2.38. The highest BCUT2D eigenvalue weighted by Gasteiger charge is 2.60. The summed E-state index contributed by atoms with van der Waals surface area (Å²) in [5, 5.41) is 3.95. The molecule has 1 aromatic heterocycles. The van der Waals surface area contributed by atoms with Crippen LogP contribution in [0.2, 0.25) is 0 Å². The molecule has 5 rings (SSSR count). The molecule has 1 spiro atoms. The summed E-state index contributed by atoms with van der Waals surface area (Å²) in [6.45, 7) is 8.27. The standard InChI is InChI=1S/C20H28F3N3S/c1-18(2,3)26-15(8-16(24-26)20(21,22)23)17-13-6-12(7-14(13)17)25-5-4-19(9-25)10-27-11-19/h8,12-14,17H,4-7,9-11H2,1-3H3. The van der Waals surface area contributed by atoms with Gasteiger partial charge in [-0.3, -0.25) is 9.58 Å². The Morgan fingerprint density at radius 3 is 2.30 bits per heavy atom. The van der Waals surface area contributed by atoms with E-state index in [1.807, 2.05) is 20.8 Å². The van der Waals surface area contributed by atoms with Gasteiger partial charge in [-0.15, -0.1) is 0 Å². The SMILES string of the molecule is CC(C)(C)n1nc(C(F)(F)F)cc1C1C2CC(N3CCC4(CSC4)C3)CC21. The Kier molecular flexibility index (Phi) is 3.86. The van der Waals surface area contributed by atoms with Crippen molar-refractivity contribution in [2.75, 3.05) is 24.6 Å². The van der Waals surface area contributed by atoms with Gasteiger partial charge in [-0.2, -0.15) is 30.0 Å². The fourth-order valence-electron chi connectivity index (χ4n) is 5.77. The Bertz CT molecular complexity index is 735. The van der Waals surface area contributed by atoms with Crippen LogP contribution in [-0.4, -0.2) is 45.3 Å². The van der Waals surface area contributed by atoms with Gasteiger partial charge in [0.05, 0.1) is 5.54 Å². The molecule has 0 N–H and O–H groups in total. The first kappa shape index (κ1) is 18.3. The zero-order valence-corrected chi connectivity index (χ0v) is 17.0. The van der Waals surface area contributed by atoms with Gasteiger partial charge in [0.1, 0.15) is 0 Å². The van der Waals surface area contributed by atoms with E-state index in [2.05, 4.69) is 21.8 Å². The van der Waals surface area contributed by atoms with E-state index in [4.69, 9.17) is 0 Å². The largest absolute Gasteiger partial charge is 0.435 e. The summed E-state index contributed by atoms with van der Waals surface area (Å²) in [5.74, 6) is 3.98. The molecule has 0 bridgehead atoms. The Morgan fingerprint density at radius 1 is 1.15 bits per heavy atom. The third-order valence-corrected chi connectivity index (χ3v) is 8.86. The molecule has 150 valence electrons. The van der Waals surface area contributed by atoms with E-state index in [-0.39, 0.29) is 5.92 Å². The van der Waals surface area contributed by atoms with Crippen molar-refractivity contribution in [1.82, 2.24) is 14.7 Å². The zero-order chi connectivity index (χ0) is 19.2. The Hall–Kier alpha value is -0.690. The third-order valence-electron chi connectivity index (χ3n) is 7.23. The van der Waals surface area contributed by atoms with E-state index in [9.17, 15) is 13.2 Å². The maximum absolute atomic E-state index is 13.2. The van der Waals surface area contributed by atoms with Crippen LogP contribution in [0.5, 0.6) is 0 Å². The van der Waals surface area contributed by atoms with Crippen molar-refractivity contribution in [3.63, 3.8) is 0 Å². The van der Waals surface area contributed by atoms with Crippen molar-refractivity contribution in [2.45, 2.75) is 63.7 Å². The second kappa shape index (κ2) is 5.68. The molecule has 0 amide bonds. The summed E-state index contributed by atoms with van der Waals surface area (Å²) in [4.78, 5) is 2.69. The van der Waals surface area contributed by atoms with Crippen molar-refractivity contribution >= 4 is 11.8 Å². The molecule has 27 heavy (non-hydrogen) atoms. The number of likely N-dealkylation sites (tertiary alicyclic amines) is 1. The van der Waals surface area contributed by atoms with Crippen LogP contribution < -0.4 is 0 Å². The minimum Gasteiger partial charge on any atom is -0.300 e. The van der Waals surface area contributed by atoms with Crippen molar-refractivity contribution < 1.29 is 13.2 Å². The van der Waals surface area contributed by atoms with E-state index in [1.54, 1.807) is 4.68 Å². The van der Waals surface area contributed by atoms with Crippen LogP contribution in [0.1, 0.15) is 57.3 Å². The second-order valence-corrected chi connectivity index (χ2v) is 11.2. The monoisotopic (exact) mass is 399 g/mol. The molecule has 2 aliphatic heterocycles. The quantitative estimate of drug-likeness (QED) is 0.726. The summed E-state index contributed by atoms with van der Waals surface area (Å²) < 4.78 is 41.4. The molecule has 2 unspecified atom stereocenters. The van der Waals surface area contributed by atoms with Crippen molar-refractivity contribution in [3.8, 4) is 0 Å². The van der Waals surface area contributed by atoms with Gasteiger partial charge in [0.15, 0.2) is 5.69 Å². The summed E-state index contributed by atoms with van der Waals surface area (Å²) in [5.41, 5.74) is 0.219. The smallest absolute Gasteiger partial charge is 0.300 e. The van der Waals surface area contributed by atoms with Gasteiger partial charge in [-0.1, -0.05) is 0 Å². The number of fused-ring (bicyclic) bond motifs is 1. The number of rotatable bonds is 2. The molecule has 2 atom stereocenters. The van der Waals surface area contributed by atoms with Crippen LogP contribution in [0.4, 0.5) is 13.2 Å². The van der Waals surface area contributed by atoms with Gasteiger partial charge in [-0.05, 0) is 64.5 Å². The lowest BCUT2D eigenvalue weighted by molar-refractivity contribution is -0.141. The molecule has 4 aliphatic rings. The molecule has 2 aliphatic carbocycles. The summed E-state index contributed by atoms with van der Waals surface area (Å²) in [7, 11) is 0. The van der Waals surface area contributed by atoms with Gasteiger partial charge < -0.3 is 0 Å². The average molecular weight is 400 g/mol. The average Bonchev–Trinajstić information content (AvgIpc) is 3.02. The van der Waals surface area contributed by atoms with E-state index >= 15 is 0 Å². The number of hydrogen-bond acceptors (Lipinski definition) is 3. The first-order valence-electron chi connectivity index (χ1n) is 10.1. The molecule has 1 aromatic rings. The highest BCUT2D eigenvalue weighted by molar-refractivity contribution is 8.00. The normalized spacial score (nSPS) is 35.5. The molecular weight excluding hydrogens is 371 g/mol. The Balaban J connectivity index is 1.31. The highest BCUT2D eigenvalue weighted by atomic mass is 32.2. The molecule has 7 heteroatoms. The molecule has 2 saturated carbocycles. The highest BCUT2D eigenvalue weighted by Crippen LogP contribution is 2.65. The molecule has 4 fully saturated rings. The van der Waals surface area contributed by atoms with Crippen molar-refractivity contribution in [1.29, 1.82) is 0 Å². The number of hydrogen-bond donors (Lipinski definition) is 0. The molecular formula is C20H28F3N3S. The Morgan fingerprint density at radius 2 is 1.81 bits per heavy atom. The number of halogens is 3. The van der Waals surface area contributed by atoms with E-state index in [1.165, 1.54) is 37.1 Å². The van der Waals surface area contributed by atoms with Crippen LogP contribution in [0, 0.1) is 17.3 Å². The molecule has 3 heterocycles. The second-order valence-electron chi connectivity index (χ2n) is 10.2. The van der Waals surface area contributed by atoms with E-state index < -0.39 is 17.4 Å². The molecule has 3 nitrogen and oxygen atoms in total. The minimum atomic E-state index is -4.37. The lowest BCUT2D eigenvalue weighted by Crippen LogP contribution is -2.41.